The molecule has 0 aliphatic heterocycles. The fourth-order valence-corrected chi connectivity index (χ4v) is 3.66. The summed E-state index contributed by atoms with van der Waals surface area (Å²) >= 11 is 0. The maximum absolute atomic E-state index is 15.1. The number of hydrogen-bond donors (Lipinski definition) is 0. The summed E-state index contributed by atoms with van der Waals surface area (Å²) in [6.45, 7) is 2.22. The lowest BCUT2D eigenvalue weighted by Crippen LogP contribution is -2.05. The van der Waals surface area contributed by atoms with Crippen LogP contribution < -0.4 is 4.74 Å². The first-order valence-electron chi connectivity index (χ1n) is 10.7. The van der Waals surface area contributed by atoms with Crippen molar-refractivity contribution in [3.63, 3.8) is 0 Å². The number of rotatable bonds is 12. The second-order valence-electron chi connectivity index (χ2n) is 7.38. The topological polar surface area (TPSA) is 35.5 Å². The van der Waals surface area contributed by atoms with E-state index < -0.39 is 5.97 Å². The quantitative estimate of drug-likeness (QED) is 0.285. The Morgan fingerprint density at radius 2 is 1.52 bits per heavy atom. The highest BCUT2D eigenvalue weighted by molar-refractivity contribution is 5.98. The van der Waals surface area contributed by atoms with E-state index in [1.807, 2.05) is 18.2 Å². The molecule has 0 heterocycles. The molecule has 0 spiro atoms. The third-order valence-electron chi connectivity index (χ3n) is 5.30. The van der Waals surface area contributed by atoms with E-state index in [9.17, 15) is 4.79 Å². The van der Waals surface area contributed by atoms with Gasteiger partial charge in [0.05, 0.1) is 19.8 Å². The number of aryl methyl sites for hydroxylation is 1. The van der Waals surface area contributed by atoms with Crippen LogP contribution in [0, 0.1) is 5.82 Å². The molecule has 0 saturated heterocycles. The van der Waals surface area contributed by atoms with E-state index in [4.69, 9.17) is 9.47 Å². The summed E-state index contributed by atoms with van der Waals surface area (Å²) < 4.78 is 25.4. The minimum absolute atomic E-state index is 0.179. The zero-order valence-electron chi connectivity index (χ0n) is 17.9. The van der Waals surface area contributed by atoms with Gasteiger partial charge in [0, 0.05) is 5.56 Å². The number of ether oxygens (including phenoxy) is 2. The molecule has 0 N–H and O–H groups in total. The normalized spacial score (nSPS) is 10.8. The lowest BCUT2D eigenvalue weighted by atomic mass is 9.95. The third-order valence-corrected chi connectivity index (χ3v) is 5.30. The van der Waals surface area contributed by atoms with Crippen molar-refractivity contribution in [2.45, 2.75) is 64.7 Å². The van der Waals surface area contributed by atoms with Crippen molar-refractivity contribution in [3.05, 3.63) is 53.3 Å². The second-order valence-corrected chi connectivity index (χ2v) is 7.38. The molecule has 0 aliphatic rings. The fraction of sp³-hybridized carbons (Fsp3) is 0.480. The zero-order chi connectivity index (χ0) is 21.1. The third kappa shape index (κ3) is 6.31. The molecule has 0 amide bonds. The van der Waals surface area contributed by atoms with Gasteiger partial charge in [-0.25, -0.2) is 9.18 Å². The highest BCUT2D eigenvalue weighted by Crippen LogP contribution is 2.36. The molecular formula is C25H33FO3. The van der Waals surface area contributed by atoms with E-state index in [1.54, 1.807) is 18.2 Å². The first-order chi connectivity index (χ1) is 14.1. The average molecular weight is 401 g/mol. The number of unbranched alkanes of at least 4 members (excludes halogenated alkanes) is 7. The molecule has 2 aromatic rings. The molecule has 0 aromatic heterocycles. The first kappa shape index (κ1) is 22.9. The maximum Gasteiger partial charge on any atom is 0.338 e. The van der Waals surface area contributed by atoms with Crippen LogP contribution in [-0.2, 0) is 11.2 Å². The summed E-state index contributed by atoms with van der Waals surface area (Å²) in [5.41, 5.74) is 2.22. The van der Waals surface area contributed by atoms with Crippen molar-refractivity contribution in [1.29, 1.82) is 0 Å². The molecule has 0 unspecified atom stereocenters. The summed E-state index contributed by atoms with van der Waals surface area (Å²) in [5, 5.41) is 0. The first-order valence-corrected chi connectivity index (χ1v) is 10.7. The minimum Gasteiger partial charge on any atom is -0.493 e. The van der Waals surface area contributed by atoms with Crippen LogP contribution in [0.25, 0.3) is 11.1 Å². The van der Waals surface area contributed by atoms with Gasteiger partial charge in [0.15, 0.2) is 11.6 Å². The number of halogens is 1. The van der Waals surface area contributed by atoms with Crippen molar-refractivity contribution < 1.29 is 18.7 Å². The van der Waals surface area contributed by atoms with E-state index in [1.165, 1.54) is 52.7 Å². The van der Waals surface area contributed by atoms with Crippen molar-refractivity contribution in [2.75, 3.05) is 14.2 Å². The van der Waals surface area contributed by atoms with Gasteiger partial charge in [0.1, 0.15) is 0 Å². The summed E-state index contributed by atoms with van der Waals surface area (Å²) in [5.74, 6) is -0.614. The number of hydrogen-bond acceptors (Lipinski definition) is 3. The number of carbonyl (C=O) groups excluding carboxylic acids is 1. The molecule has 0 saturated carbocycles. The van der Waals surface area contributed by atoms with Gasteiger partial charge >= 0.3 is 5.97 Å². The molecule has 0 fully saturated rings. The van der Waals surface area contributed by atoms with Crippen molar-refractivity contribution >= 4 is 5.97 Å². The molecule has 0 radical (unpaired) electrons. The van der Waals surface area contributed by atoms with Crippen LogP contribution in [-0.4, -0.2) is 20.2 Å². The lowest BCUT2D eigenvalue weighted by Gasteiger charge is -2.15. The van der Waals surface area contributed by atoms with Crippen molar-refractivity contribution in [3.8, 4) is 16.9 Å². The standard InChI is InChI=1S/C25H33FO3/c1-4-5-6-7-8-9-10-11-14-19-17-18-21(24(28-2)23(19)26)20-15-12-13-16-22(20)25(27)29-3/h12-13,15-18H,4-11,14H2,1-3H3. The predicted molar refractivity (Wildman–Crippen MR) is 116 cm³/mol. The van der Waals surface area contributed by atoms with Gasteiger partial charge < -0.3 is 9.47 Å². The van der Waals surface area contributed by atoms with Gasteiger partial charge in [-0.2, -0.15) is 0 Å². The van der Waals surface area contributed by atoms with E-state index in [0.29, 0.717) is 28.7 Å². The van der Waals surface area contributed by atoms with Crippen molar-refractivity contribution in [1.82, 2.24) is 0 Å². The Balaban J connectivity index is 2.08. The van der Waals surface area contributed by atoms with E-state index in [2.05, 4.69) is 6.92 Å². The summed E-state index contributed by atoms with van der Waals surface area (Å²) in [6, 6.07) is 10.7. The Labute approximate surface area is 174 Å². The number of benzene rings is 2. The summed E-state index contributed by atoms with van der Waals surface area (Å²) in [4.78, 5) is 12.1. The van der Waals surface area contributed by atoms with Crippen LogP contribution in [0.4, 0.5) is 4.39 Å². The van der Waals surface area contributed by atoms with Crippen LogP contribution in [0.3, 0.4) is 0 Å². The highest BCUT2D eigenvalue weighted by Gasteiger charge is 2.20. The molecule has 3 nitrogen and oxygen atoms in total. The van der Waals surface area contributed by atoms with Gasteiger partial charge in [-0.05, 0) is 30.0 Å². The smallest absolute Gasteiger partial charge is 0.338 e. The lowest BCUT2D eigenvalue weighted by molar-refractivity contribution is 0.0601. The molecule has 2 rings (SSSR count). The molecule has 0 bridgehead atoms. The minimum atomic E-state index is -0.453. The Morgan fingerprint density at radius 1 is 0.862 bits per heavy atom. The number of esters is 1. The van der Waals surface area contributed by atoms with E-state index in [-0.39, 0.29) is 11.6 Å². The number of carbonyl (C=O) groups is 1. The zero-order valence-corrected chi connectivity index (χ0v) is 17.9. The molecule has 2 aromatic carbocycles. The van der Waals surface area contributed by atoms with E-state index >= 15 is 4.39 Å². The van der Waals surface area contributed by atoms with Crippen LogP contribution in [0.15, 0.2) is 36.4 Å². The SMILES string of the molecule is CCCCCCCCCCc1ccc(-c2ccccc2C(=O)OC)c(OC)c1F. The maximum atomic E-state index is 15.1. The molecular weight excluding hydrogens is 367 g/mol. The highest BCUT2D eigenvalue weighted by atomic mass is 19.1. The van der Waals surface area contributed by atoms with Gasteiger partial charge in [-0.15, -0.1) is 0 Å². The average Bonchev–Trinajstić information content (AvgIpc) is 2.75. The van der Waals surface area contributed by atoms with Crippen LogP contribution >= 0.6 is 0 Å². The Kier molecular flexibility index (Phi) is 9.69. The van der Waals surface area contributed by atoms with E-state index in [0.717, 1.165) is 12.8 Å². The molecule has 0 aliphatic carbocycles. The Morgan fingerprint density at radius 3 is 2.17 bits per heavy atom. The molecule has 4 heteroatoms. The number of methoxy groups -OCH3 is 2. The fourth-order valence-electron chi connectivity index (χ4n) is 3.66. The Hall–Kier alpha value is -2.36. The summed E-state index contributed by atoms with van der Waals surface area (Å²) in [6.07, 6.45) is 10.4. The second kappa shape index (κ2) is 12.3. The monoisotopic (exact) mass is 400 g/mol. The molecule has 0 atom stereocenters. The van der Waals surface area contributed by atoms with Gasteiger partial charge in [0.25, 0.3) is 0 Å². The Bertz CT molecular complexity index is 786. The van der Waals surface area contributed by atoms with Gasteiger partial charge in [-0.3, -0.25) is 0 Å². The molecule has 158 valence electrons. The van der Waals surface area contributed by atoms with Crippen LogP contribution in [0.1, 0.15) is 74.2 Å². The van der Waals surface area contributed by atoms with Crippen molar-refractivity contribution in [2.24, 2.45) is 0 Å². The van der Waals surface area contributed by atoms with Crippen LogP contribution in [0.2, 0.25) is 0 Å². The summed E-state index contributed by atoms with van der Waals surface area (Å²) in [7, 11) is 2.80. The van der Waals surface area contributed by atoms with Gasteiger partial charge in [0.2, 0.25) is 0 Å². The molecule has 29 heavy (non-hydrogen) atoms. The largest absolute Gasteiger partial charge is 0.493 e. The predicted octanol–water partition coefficient (Wildman–Crippen LogP) is 6.97. The van der Waals surface area contributed by atoms with Gasteiger partial charge in [-0.1, -0.05) is 82.2 Å². The van der Waals surface area contributed by atoms with Crippen LogP contribution in [0.5, 0.6) is 5.75 Å².